The van der Waals surface area contributed by atoms with Crippen LogP contribution in [0, 0.1) is 0 Å². The van der Waals surface area contributed by atoms with Gasteiger partial charge < -0.3 is 0 Å². The van der Waals surface area contributed by atoms with Gasteiger partial charge in [0.25, 0.3) is 0 Å². The fraction of sp³-hybridized carbons (Fsp3) is 0.600. The summed E-state index contributed by atoms with van der Waals surface area (Å²) in [5.74, 6) is 0. The van der Waals surface area contributed by atoms with Crippen molar-refractivity contribution in [2.24, 2.45) is 0 Å². The van der Waals surface area contributed by atoms with Crippen LogP contribution in [0.2, 0.25) is 0 Å². The molecule has 2 aliphatic heterocycles. The molecule has 92 valence electrons. The van der Waals surface area contributed by atoms with Crippen molar-refractivity contribution in [2.75, 3.05) is 26.2 Å². The van der Waals surface area contributed by atoms with E-state index < -0.39 is 0 Å². The summed E-state index contributed by atoms with van der Waals surface area (Å²) in [6.45, 7) is 7.43. The lowest BCUT2D eigenvalue weighted by Crippen LogP contribution is -2.50. The van der Waals surface area contributed by atoms with Crippen molar-refractivity contribution in [1.29, 1.82) is 0 Å². The molecular formula is C15H22N2. The van der Waals surface area contributed by atoms with Crippen molar-refractivity contribution < 1.29 is 0 Å². The summed E-state index contributed by atoms with van der Waals surface area (Å²) < 4.78 is 0. The van der Waals surface area contributed by atoms with E-state index in [0.29, 0.717) is 6.04 Å². The Bertz CT molecular complexity index is 362. The van der Waals surface area contributed by atoms with E-state index in [2.05, 4.69) is 47.1 Å². The fourth-order valence-electron chi connectivity index (χ4n) is 3.31. The third kappa shape index (κ3) is 2.24. The Labute approximate surface area is 104 Å². The summed E-state index contributed by atoms with van der Waals surface area (Å²) in [7, 11) is 0. The molecule has 2 heteroatoms. The van der Waals surface area contributed by atoms with E-state index in [9.17, 15) is 0 Å². The molecule has 1 aromatic carbocycles. The molecule has 0 aliphatic carbocycles. The van der Waals surface area contributed by atoms with Gasteiger partial charge in [-0.05, 0) is 31.9 Å². The third-order valence-electron chi connectivity index (χ3n) is 4.45. The molecule has 0 N–H and O–H groups in total. The maximum atomic E-state index is 2.67. The van der Waals surface area contributed by atoms with E-state index >= 15 is 0 Å². The molecule has 3 rings (SSSR count). The standard InChI is InChI=1S/C15H22N2/c1-13(14-6-3-2-4-7-14)17-11-10-16-9-5-8-15(16)12-17/h2-4,6-7,13,15H,5,8-12H2,1H3. The van der Waals surface area contributed by atoms with Crippen molar-refractivity contribution in [2.45, 2.75) is 31.8 Å². The second-order valence-corrected chi connectivity index (χ2v) is 5.41. The molecule has 0 spiro atoms. The van der Waals surface area contributed by atoms with Crippen LogP contribution < -0.4 is 0 Å². The molecule has 2 heterocycles. The van der Waals surface area contributed by atoms with Crippen molar-refractivity contribution in [1.82, 2.24) is 9.80 Å². The highest BCUT2D eigenvalue weighted by atomic mass is 15.3. The molecule has 2 unspecified atom stereocenters. The summed E-state index contributed by atoms with van der Waals surface area (Å²) in [6.07, 6.45) is 2.80. The largest absolute Gasteiger partial charge is 0.298 e. The molecule has 2 aliphatic rings. The van der Waals surface area contributed by atoms with E-state index in [-0.39, 0.29) is 0 Å². The number of nitrogens with zero attached hydrogens (tertiary/aromatic N) is 2. The molecule has 0 radical (unpaired) electrons. The van der Waals surface area contributed by atoms with Crippen LogP contribution >= 0.6 is 0 Å². The van der Waals surface area contributed by atoms with E-state index in [1.165, 1.54) is 44.6 Å². The van der Waals surface area contributed by atoms with Crippen LogP contribution in [0.1, 0.15) is 31.4 Å². The van der Waals surface area contributed by atoms with E-state index in [1.807, 2.05) is 0 Å². The first-order valence-electron chi connectivity index (χ1n) is 6.87. The highest BCUT2D eigenvalue weighted by Gasteiger charge is 2.32. The molecule has 0 bridgehead atoms. The van der Waals surface area contributed by atoms with Gasteiger partial charge in [0.15, 0.2) is 0 Å². The Hall–Kier alpha value is -0.860. The minimum atomic E-state index is 0.568. The molecule has 0 aromatic heterocycles. The number of hydrogen-bond donors (Lipinski definition) is 0. The molecule has 2 atom stereocenters. The molecule has 0 amide bonds. The van der Waals surface area contributed by atoms with Crippen molar-refractivity contribution in [3.8, 4) is 0 Å². The molecule has 17 heavy (non-hydrogen) atoms. The second kappa shape index (κ2) is 4.79. The Balaban J connectivity index is 1.69. The number of rotatable bonds is 2. The molecule has 1 aromatic rings. The van der Waals surface area contributed by atoms with Gasteiger partial charge >= 0.3 is 0 Å². The van der Waals surface area contributed by atoms with Gasteiger partial charge in [-0.2, -0.15) is 0 Å². The maximum absolute atomic E-state index is 2.67. The van der Waals surface area contributed by atoms with Gasteiger partial charge in [0.05, 0.1) is 0 Å². The zero-order chi connectivity index (χ0) is 11.7. The summed E-state index contributed by atoms with van der Waals surface area (Å²) in [6, 6.07) is 12.3. The van der Waals surface area contributed by atoms with Crippen LogP contribution in [0.5, 0.6) is 0 Å². The average molecular weight is 230 g/mol. The Morgan fingerprint density at radius 3 is 2.76 bits per heavy atom. The topological polar surface area (TPSA) is 6.48 Å². The van der Waals surface area contributed by atoms with E-state index in [1.54, 1.807) is 0 Å². The minimum absolute atomic E-state index is 0.568. The van der Waals surface area contributed by atoms with Crippen LogP contribution in [-0.4, -0.2) is 42.0 Å². The lowest BCUT2D eigenvalue weighted by molar-refractivity contribution is 0.0770. The lowest BCUT2D eigenvalue weighted by Gasteiger charge is -2.40. The van der Waals surface area contributed by atoms with Gasteiger partial charge in [-0.25, -0.2) is 0 Å². The maximum Gasteiger partial charge on any atom is 0.0321 e. The Morgan fingerprint density at radius 1 is 1.12 bits per heavy atom. The van der Waals surface area contributed by atoms with Crippen LogP contribution in [0.15, 0.2) is 30.3 Å². The van der Waals surface area contributed by atoms with Crippen molar-refractivity contribution >= 4 is 0 Å². The number of benzene rings is 1. The molecule has 2 fully saturated rings. The minimum Gasteiger partial charge on any atom is -0.298 e. The number of piperazine rings is 1. The summed E-state index contributed by atoms with van der Waals surface area (Å²) in [5.41, 5.74) is 1.46. The monoisotopic (exact) mass is 230 g/mol. The first-order valence-corrected chi connectivity index (χ1v) is 6.87. The summed E-state index contributed by atoms with van der Waals surface area (Å²) in [4.78, 5) is 5.33. The number of hydrogen-bond acceptors (Lipinski definition) is 2. The van der Waals surface area contributed by atoms with Crippen molar-refractivity contribution in [3.05, 3.63) is 35.9 Å². The second-order valence-electron chi connectivity index (χ2n) is 5.41. The molecule has 0 saturated carbocycles. The average Bonchev–Trinajstić information content (AvgIpc) is 2.86. The Morgan fingerprint density at radius 2 is 1.94 bits per heavy atom. The first kappa shape index (κ1) is 11.2. The molecular weight excluding hydrogens is 208 g/mol. The van der Waals surface area contributed by atoms with Crippen LogP contribution in [0.3, 0.4) is 0 Å². The highest BCUT2D eigenvalue weighted by molar-refractivity contribution is 5.18. The SMILES string of the molecule is CC(c1ccccc1)N1CCN2CCCC2C1. The third-order valence-corrected chi connectivity index (χ3v) is 4.45. The van der Waals surface area contributed by atoms with Gasteiger partial charge in [0.1, 0.15) is 0 Å². The zero-order valence-electron chi connectivity index (χ0n) is 10.7. The zero-order valence-corrected chi connectivity index (χ0v) is 10.7. The van der Waals surface area contributed by atoms with Gasteiger partial charge in [-0.15, -0.1) is 0 Å². The normalized spacial score (nSPS) is 27.9. The summed E-state index contributed by atoms with van der Waals surface area (Å²) >= 11 is 0. The summed E-state index contributed by atoms with van der Waals surface area (Å²) in [5, 5.41) is 0. The van der Waals surface area contributed by atoms with Gasteiger partial charge in [-0.3, -0.25) is 9.80 Å². The van der Waals surface area contributed by atoms with Gasteiger partial charge in [0, 0.05) is 31.7 Å². The van der Waals surface area contributed by atoms with Crippen LogP contribution in [-0.2, 0) is 0 Å². The smallest absolute Gasteiger partial charge is 0.0321 e. The fourth-order valence-corrected chi connectivity index (χ4v) is 3.31. The van der Waals surface area contributed by atoms with E-state index in [0.717, 1.165) is 6.04 Å². The predicted molar refractivity (Wildman–Crippen MR) is 71.0 cm³/mol. The number of fused-ring (bicyclic) bond motifs is 1. The van der Waals surface area contributed by atoms with Gasteiger partial charge in [-0.1, -0.05) is 30.3 Å². The van der Waals surface area contributed by atoms with Gasteiger partial charge in [0.2, 0.25) is 0 Å². The quantitative estimate of drug-likeness (QED) is 0.770. The van der Waals surface area contributed by atoms with Crippen LogP contribution in [0.4, 0.5) is 0 Å². The highest BCUT2D eigenvalue weighted by Crippen LogP contribution is 2.27. The predicted octanol–water partition coefficient (Wildman–Crippen LogP) is 2.53. The van der Waals surface area contributed by atoms with E-state index in [4.69, 9.17) is 0 Å². The molecule has 2 saturated heterocycles. The Kier molecular flexibility index (Phi) is 3.17. The molecule has 2 nitrogen and oxygen atoms in total. The van der Waals surface area contributed by atoms with Crippen LogP contribution in [0.25, 0.3) is 0 Å². The first-order chi connectivity index (χ1) is 8.34. The lowest BCUT2D eigenvalue weighted by atomic mass is 10.0. The van der Waals surface area contributed by atoms with Crippen molar-refractivity contribution in [3.63, 3.8) is 0 Å².